The highest BCUT2D eigenvalue weighted by Gasteiger charge is 2.37. The smallest absolute Gasteiger partial charge is 0.0618 e. The van der Waals surface area contributed by atoms with Gasteiger partial charge >= 0.3 is 0 Å². The van der Waals surface area contributed by atoms with Gasteiger partial charge in [-0.2, -0.15) is 0 Å². The Labute approximate surface area is 333 Å². The molecule has 2 nitrogen and oxygen atoms in total. The Morgan fingerprint density at radius 2 is 0.614 bits per heavy atom. The SMILES string of the molecule is CC1(C)c2cc(N(c3ccccc3)c3c4ccccc4cc4ccccc34)ccc2-c2ccc(N(c3ccccc3)c3c4ccccc4cc4ccccc34)cc21. The number of hydrogen-bond donors (Lipinski definition) is 0. The first kappa shape index (κ1) is 33.2. The van der Waals surface area contributed by atoms with Crippen LogP contribution in [0.2, 0.25) is 0 Å². The van der Waals surface area contributed by atoms with E-state index >= 15 is 0 Å². The zero-order valence-corrected chi connectivity index (χ0v) is 32.0. The van der Waals surface area contributed by atoms with E-state index in [2.05, 4.69) is 230 Å². The van der Waals surface area contributed by atoms with Crippen LogP contribution in [0.5, 0.6) is 0 Å². The van der Waals surface area contributed by atoms with Crippen molar-refractivity contribution in [2.45, 2.75) is 19.3 Å². The lowest BCUT2D eigenvalue weighted by Gasteiger charge is -2.31. The molecule has 0 heterocycles. The number of anilines is 6. The third-order valence-electron chi connectivity index (χ3n) is 12.1. The van der Waals surface area contributed by atoms with Gasteiger partial charge in [0.2, 0.25) is 0 Å². The lowest BCUT2D eigenvalue weighted by molar-refractivity contribution is 0.660. The normalized spacial score (nSPS) is 12.9. The number of fused-ring (bicyclic) bond motifs is 7. The van der Waals surface area contributed by atoms with E-state index in [1.807, 2.05) is 0 Å². The molecule has 11 rings (SSSR count). The first-order valence-electron chi connectivity index (χ1n) is 19.9. The van der Waals surface area contributed by atoms with E-state index in [9.17, 15) is 0 Å². The summed E-state index contributed by atoms with van der Waals surface area (Å²) in [5.74, 6) is 0. The summed E-state index contributed by atoms with van der Waals surface area (Å²) in [5.41, 5.74) is 12.0. The second kappa shape index (κ2) is 13.0. The van der Waals surface area contributed by atoms with Gasteiger partial charge in [0.05, 0.1) is 11.4 Å². The van der Waals surface area contributed by atoms with Gasteiger partial charge in [-0.3, -0.25) is 0 Å². The maximum Gasteiger partial charge on any atom is 0.0618 e. The van der Waals surface area contributed by atoms with E-state index in [0.717, 1.165) is 22.7 Å². The summed E-state index contributed by atoms with van der Waals surface area (Å²) in [5, 5.41) is 9.85. The molecule has 0 spiro atoms. The summed E-state index contributed by atoms with van der Waals surface area (Å²) < 4.78 is 0. The minimum Gasteiger partial charge on any atom is -0.309 e. The van der Waals surface area contributed by atoms with Crippen molar-refractivity contribution in [1.29, 1.82) is 0 Å². The van der Waals surface area contributed by atoms with Crippen LogP contribution in [-0.2, 0) is 5.41 Å². The Hall–Kier alpha value is -7.16. The molecule has 10 aromatic carbocycles. The second-order valence-corrected chi connectivity index (χ2v) is 15.8. The van der Waals surface area contributed by atoms with Gasteiger partial charge in [-0.15, -0.1) is 0 Å². The lowest BCUT2D eigenvalue weighted by atomic mass is 9.82. The number of hydrogen-bond acceptors (Lipinski definition) is 2. The highest BCUT2D eigenvalue weighted by atomic mass is 15.2. The highest BCUT2D eigenvalue weighted by Crippen LogP contribution is 2.54. The monoisotopic (exact) mass is 728 g/mol. The number of nitrogens with zero attached hydrogens (tertiary/aromatic N) is 2. The molecule has 0 aliphatic heterocycles. The molecule has 0 unspecified atom stereocenters. The quantitative estimate of drug-likeness (QED) is 0.157. The van der Waals surface area contributed by atoms with Gasteiger partial charge in [-0.25, -0.2) is 0 Å². The van der Waals surface area contributed by atoms with Gasteiger partial charge in [-0.1, -0.05) is 159 Å². The molecule has 0 N–H and O–H groups in total. The van der Waals surface area contributed by atoms with Crippen LogP contribution in [0.1, 0.15) is 25.0 Å². The Morgan fingerprint density at radius 1 is 0.298 bits per heavy atom. The molecule has 2 heteroatoms. The number of para-hydroxylation sites is 2. The summed E-state index contributed by atoms with van der Waals surface area (Å²) in [4.78, 5) is 4.94. The van der Waals surface area contributed by atoms with Crippen molar-refractivity contribution in [3.05, 3.63) is 217 Å². The van der Waals surface area contributed by atoms with Gasteiger partial charge < -0.3 is 9.80 Å². The minimum absolute atomic E-state index is 0.261. The predicted octanol–water partition coefficient (Wildman–Crippen LogP) is 15.5. The Bertz CT molecular complexity index is 2840. The Morgan fingerprint density at radius 3 is 0.965 bits per heavy atom. The summed E-state index contributed by atoms with van der Waals surface area (Å²) in [6.07, 6.45) is 0. The van der Waals surface area contributed by atoms with E-state index in [1.165, 1.54) is 76.7 Å². The van der Waals surface area contributed by atoms with Crippen LogP contribution in [0, 0.1) is 0 Å². The Kier molecular flexibility index (Phi) is 7.55. The van der Waals surface area contributed by atoms with Crippen molar-refractivity contribution < 1.29 is 0 Å². The first-order chi connectivity index (χ1) is 28.0. The third-order valence-corrected chi connectivity index (χ3v) is 12.1. The summed E-state index contributed by atoms with van der Waals surface area (Å²) in [7, 11) is 0. The molecule has 0 aromatic heterocycles. The van der Waals surface area contributed by atoms with E-state index in [-0.39, 0.29) is 5.41 Å². The topological polar surface area (TPSA) is 6.48 Å². The predicted molar refractivity (Wildman–Crippen MR) is 243 cm³/mol. The fourth-order valence-corrected chi connectivity index (χ4v) is 9.42. The maximum atomic E-state index is 2.47. The molecule has 0 bridgehead atoms. The minimum atomic E-state index is -0.261. The van der Waals surface area contributed by atoms with Crippen LogP contribution in [0.25, 0.3) is 54.2 Å². The molecule has 0 atom stereocenters. The van der Waals surface area contributed by atoms with Gasteiger partial charge in [-0.05, 0) is 104 Å². The summed E-state index contributed by atoms with van der Waals surface area (Å²) >= 11 is 0. The van der Waals surface area contributed by atoms with Crippen molar-refractivity contribution >= 4 is 77.2 Å². The second-order valence-electron chi connectivity index (χ2n) is 15.8. The molecule has 0 saturated heterocycles. The van der Waals surface area contributed by atoms with Crippen molar-refractivity contribution in [3.63, 3.8) is 0 Å². The standard InChI is InChI=1S/C55H40N2/c1-55(2)51-35-43(56(41-21-5-3-6-22-41)53-45-25-13-9-17-37(45)33-38-18-10-14-26-46(38)53)29-31-49(51)50-32-30-44(36-52(50)55)57(42-23-7-4-8-24-42)54-47-27-15-11-19-39(47)34-40-20-12-16-28-48(40)54/h3-36H,1-2H3. The first-order valence-corrected chi connectivity index (χ1v) is 19.9. The zero-order valence-electron chi connectivity index (χ0n) is 32.0. The van der Waals surface area contributed by atoms with Crippen LogP contribution in [-0.4, -0.2) is 0 Å². The molecule has 0 fully saturated rings. The van der Waals surface area contributed by atoms with E-state index in [4.69, 9.17) is 0 Å². The fourth-order valence-electron chi connectivity index (χ4n) is 9.42. The van der Waals surface area contributed by atoms with Gasteiger partial charge in [0.25, 0.3) is 0 Å². The molecular weight excluding hydrogens is 689 g/mol. The van der Waals surface area contributed by atoms with Gasteiger partial charge in [0.1, 0.15) is 0 Å². The van der Waals surface area contributed by atoms with E-state index < -0.39 is 0 Å². The fraction of sp³-hybridized carbons (Fsp3) is 0.0545. The van der Waals surface area contributed by atoms with Gasteiger partial charge in [0, 0.05) is 49.7 Å². The van der Waals surface area contributed by atoms with Gasteiger partial charge in [0.15, 0.2) is 0 Å². The zero-order chi connectivity index (χ0) is 38.1. The number of rotatable bonds is 6. The van der Waals surface area contributed by atoms with Crippen LogP contribution in [0.15, 0.2) is 206 Å². The summed E-state index contributed by atoms with van der Waals surface area (Å²) in [6, 6.07) is 75.7. The molecule has 0 amide bonds. The molecule has 1 aliphatic carbocycles. The van der Waals surface area contributed by atoms with Crippen LogP contribution < -0.4 is 9.80 Å². The van der Waals surface area contributed by atoms with E-state index in [0.29, 0.717) is 0 Å². The average Bonchev–Trinajstić information content (AvgIpc) is 3.49. The van der Waals surface area contributed by atoms with Crippen LogP contribution >= 0.6 is 0 Å². The van der Waals surface area contributed by atoms with Crippen molar-refractivity contribution in [2.24, 2.45) is 0 Å². The Balaban J connectivity index is 1.10. The largest absolute Gasteiger partial charge is 0.309 e. The maximum absolute atomic E-state index is 2.47. The van der Waals surface area contributed by atoms with Crippen molar-refractivity contribution in [2.75, 3.05) is 9.80 Å². The highest BCUT2D eigenvalue weighted by molar-refractivity contribution is 6.15. The molecule has 57 heavy (non-hydrogen) atoms. The molecule has 270 valence electrons. The van der Waals surface area contributed by atoms with Crippen LogP contribution in [0.4, 0.5) is 34.1 Å². The third kappa shape index (κ3) is 5.25. The molecule has 0 radical (unpaired) electrons. The molecular formula is C55H40N2. The molecule has 10 aromatic rings. The van der Waals surface area contributed by atoms with E-state index in [1.54, 1.807) is 0 Å². The average molecular weight is 729 g/mol. The summed E-state index contributed by atoms with van der Waals surface area (Å²) in [6.45, 7) is 4.79. The number of benzene rings is 10. The van der Waals surface area contributed by atoms with Crippen molar-refractivity contribution in [3.8, 4) is 11.1 Å². The molecule has 0 saturated carbocycles. The van der Waals surface area contributed by atoms with Crippen molar-refractivity contribution in [1.82, 2.24) is 0 Å². The molecule has 1 aliphatic rings. The lowest BCUT2D eigenvalue weighted by Crippen LogP contribution is -2.18. The van der Waals surface area contributed by atoms with Crippen LogP contribution in [0.3, 0.4) is 0 Å².